The van der Waals surface area contributed by atoms with Crippen molar-refractivity contribution in [2.45, 2.75) is 23.8 Å². The highest BCUT2D eigenvalue weighted by molar-refractivity contribution is 7.80. The number of hydrogen-bond donors (Lipinski definition) is 3. The molecule has 18 heavy (non-hydrogen) atoms. The average molecular weight is 327 g/mol. The number of halogens is 3. The second-order valence-corrected chi connectivity index (χ2v) is 6.71. The Morgan fingerprint density at radius 3 is 2.50 bits per heavy atom. The second kappa shape index (κ2) is 6.26. The largest absolute Gasteiger partial charge is 0.343 e. The lowest BCUT2D eigenvalue weighted by Crippen LogP contribution is -2.51. The molecule has 0 bridgehead atoms. The van der Waals surface area contributed by atoms with Gasteiger partial charge in [0.1, 0.15) is 6.17 Å². The van der Waals surface area contributed by atoms with Gasteiger partial charge < -0.3 is 16.4 Å². The molecule has 0 saturated carbocycles. The standard InChI is InChI=1S/C11H14Cl3N3S/c1-6-3-4-7(2)8(5-6)16-10(18)17-9(15)11(12,13)14/h3-5,9H,15H2,1-2H3,(H2,16,17,18). The van der Waals surface area contributed by atoms with E-state index in [9.17, 15) is 0 Å². The van der Waals surface area contributed by atoms with Gasteiger partial charge in [-0.15, -0.1) is 0 Å². The first kappa shape index (κ1) is 15.8. The van der Waals surface area contributed by atoms with Gasteiger partial charge in [0, 0.05) is 5.69 Å². The van der Waals surface area contributed by atoms with Gasteiger partial charge in [-0.1, -0.05) is 46.9 Å². The number of rotatable bonds is 2. The third-order valence-corrected chi connectivity index (χ3v) is 3.21. The van der Waals surface area contributed by atoms with Gasteiger partial charge in [-0.25, -0.2) is 0 Å². The van der Waals surface area contributed by atoms with Gasteiger partial charge >= 0.3 is 0 Å². The molecule has 1 atom stereocenters. The van der Waals surface area contributed by atoms with Crippen molar-refractivity contribution in [3.05, 3.63) is 29.3 Å². The minimum atomic E-state index is -1.62. The molecule has 0 heterocycles. The van der Waals surface area contributed by atoms with Crippen LogP contribution >= 0.6 is 47.0 Å². The zero-order valence-corrected chi connectivity index (χ0v) is 13.0. The number of nitrogens with two attached hydrogens (primary N) is 1. The van der Waals surface area contributed by atoms with Crippen LogP contribution in [0.15, 0.2) is 18.2 Å². The van der Waals surface area contributed by atoms with Crippen LogP contribution in [0.25, 0.3) is 0 Å². The summed E-state index contributed by atoms with van der Waals surface area (Å²) in [6.07, 6.45) is -0.882. The van der Waals surface area contributed by atoms with Crippen LogP contribution in [0.2, 0.25) is 0 Å². The fourth-order valence-corrected chi connectivity index (χ4v) is 1.65. The van der Waals surface area contributed by atoms with Crippen LogP contribution in [0.4, 0.5) is 5.69 Å². The summed E-state index contributed by atoms with van der Waals surface area (Å²) >= 11 is 22.0. The van der Waals surface area contributed by atoms with Crippen LogP contribution in [0, 0.1) is 13.8 Å². The van der Waals surface area contributed by atoms with E-state index in [1.807, 2.05) is 32.0 Å². The zero-order chi connectivity index (χ0) is 13.9. The molecule has 0 spiro atoms. The summed E-state index contributed by atoms with van der Waals surface area (Å²) in [4.78, 5) is 0. The molecule has 0 fully saturated rings. The lowest BCUT2D eigenvalue weighted by molar-refractivity contribution is 0.652. The molecule has 1 aromatic rings. The molecule has 0 radical (unpaired) electrons. The van der Waals surface area contributed by atoms with Crippen molar-refractivity contribution < 1.29 is 0 Å². The Labute approximate surface area is 127 Å². The van der Waals surface area contributed by atoms with Gasteiger partial charge in [0.25, 0.3) is 0 Å². The topological polar surface area (TPSA) is 50.1 Å². The summed E-state index contributed by atoms with van der Waals surface area (Å²) in [7, 11) is 0. The molecular weight excluding hydrogens is 313 g/mol. The highest BCUT2D eigenvalue weighted by atomic mass is 35.6. The van der Waals surface area contributed by atoms with Crippen LogP contribution in [-0.4, -0.2) is 15.1 Å². The summed E-state index contributed by atoms with van der Waals surface area (Å²) in [5, 5.41) is 6.04. The Morgan fingerprint density at radius 1 is 1.33 bits per heavy atom. The predicted octanol–water partition coefficient (Wildman–Crippen LogP) is 3.24. The van der Waals surface area contributed by atoms with Crippen LogP contribution in [0.1, 0.15) is 11.1 Å². The van der Waals surface area contributed by atoms with E-state index >= 15 is 0 Å². The van der Waals surface area contributed by atoms with E-state index < -0.39 is 9.96 Å². The molecule has 1 rings (SSSR count). The fraction of sp³-hybridized carbons (Fsp3) is 0.364. The van der Waals surface area contributed by atoms with Gasteiger partial charge in [0.2, 0.25) is 3.79 Å². The van der Waals surface area contributed by atoms with Gasteiger partial charge in [0.15, 0.2) is 5.11 Å². The highest BCUT2D eigenvalue weighted by Gasteiger charge is 2.29. The molecule has 0 saturated heterocycles. The van der Waals surface area contributed by atoms with Crippen LogP contribution in [0.3, 0.4) is 0 Å². The molecule has 1 unspecified atom stereocenters. The van der Waals surface area contributed by atoms with Crippen molar-refractivity contribution in [3.8, 4) is 0 Å². The maximum Gasteiger partial charge on any atom is 0.223 e. The van der Waals surface area contributed by atoms with Crippen molar-refractivity contribution in [1.29, 1.82) is 0 Å². The van der Waals surface area contributed by atoms with Crippen molar-refractivity contribution in [3.63, 3.8) is 0 Å². The number of nitrogens with one attached hydrogen (secondary N) is 2. The molecule has 0 aliphatic rings. The molecule has 7 heteroatoms. The molecule has 0 aliphatic heterocycles. The number of benzene rings is 1. The van der Waals surface area contributed by atoms with Crippen LogP contribution < -0.4 is 16.4 Å². The number of alkyl halides is 3. The average Bonchev–Trinajstić information content (AvgIpc) is 2.22. The van der Waals surface area contributed by atoms with Gasteiger partial charge in [-0.3, -0.25) is 0 Å². The Bertz CT molecular complexity index is 446. The first-order valence-corrected chi connectivity index (χ1v) is 6.71. The van der Waals surface area contributed by atoms with Crippen molar-refractivity contribution in [1.82, 2.24) is 5.32 Å². The van der Waals surface area contributed by atoms with Crippen molar-refractivity contribution >= 4 is 57.8 Å². The second-order valence-electron chi connectivity index (χ2n) is 3.94. The van der Waals surface area contributed by atoms with Gasteiger partial charge in [-0.05, 0) is 43.3 Å². The number of aryl methyl sites for hydroxylation is 2. The molecule has 100 valence electrons. The molecule has 0 aliphatic carbocycles. The number of anilines is 1. The van der Waals surface area contributed by atoms with E-state index in [0.29, 0.717) is 5.11 Å². The van der Waals surface area contributed by atoms with Crippen LogP contribution in [0.5, 0.6) is 0 Å². The summed E-state index contributed by atoms with van der Waals surface area (Å²) in [6.45, 7) is 3.97. The van der Waals surface area contributed by atoms with E-state index in [-0.39, 0.29) is 0 Å². The SMILES string of the molecule is Cc1ccc(C)c(NC(=S)NC(N)C(Cl)(Cl)Cl)c1. The minimum Gasteiger partial charge on any atom is -0.343 e. The van der Waals surface area contributed by atoms with Crippen LogP contribution in [-0.2, 0) is 0 Å². The number of hydrogen-bond acceptors (Lipinski definition) is 2. The maximum atomic E-state index is 5.64. The monoisotopic (exact) mass is 325 g/mol. The van der Waals surface area contributed by atoms with E-state index in [4.69, 9.17) is 52.8 Å². The lowest BCUT2D eigenvalue weighted by Gasteiger charge is -2.23. The Hall–Kier alpha value is -0.260. The third kappa shape index (κ3) is 4.78. The van der Waals surface area contributed by atoms with E-state index in [1.54, 1.807) is 0 Å². The minimum absolute atomic E-state index is 0.308. The fourth-order valence-electron chi connectivity index (χ4n) is 1.25. The first-order valence-electron chi connectivity index (χ1n) is 5.17. The molecular formula is C11H14Cl3N3S. The van der Waals surface area contributed by atoms with Gasteiger partial charge in [0.05, 0.1) is 0 Å². The molecule has 4 N–H and O–H groups in total. The Kier molecular flexibility index (Phi) is 5.49. The van der Waals surface area contributed by atoms with E-state index in [0.717, 1.165) is 16.8 Å². The summed E-state index contributed by atoms with van der Waals surface area (Å²) in [5.41, 5.74) is 8.72. The van der Waals surface area contributed by atoms with Crippen molar-refractivity contribution in [2.24, 2.45) is 5.73 Å². The predicted molar refractivity (Wildman–Crippen MR) is 83.5 cm³/mol. The summed E-state index contributed by atoms with van der Waals surface area (Å²) in [6, 6.07) is 5.99. The highest BCUT2D eigenvalue weighted by Crippen LogP contribution is 2.27. The van der Waals surface area contributed by atoms with Gasteiger partial charge in [-0.2, -0.15) is 0 Å². The van der Waals surface area contributed by atoms with Crippen molar-refractivity contribution in [2.75, 3.05) is 5.32 Å². The van der Waals surface area contributed by atoms with E-state index in [1.165, 1.54) is 0 Å². The quantitative estimate of drug-likeness (QED) is 0.444. The molecule has 3 nitrogen and oxygen atoms in total. The molecule has 0 amide bonds. The first-order chi connectivity index (χ1) is 8.20. The molecule has 0 aromatic heterocycles. The third-order valence-electron chi connectivity index (χ3n) is 2.28. The summed E-state index contributed by atoms with van der Waals surface area (Å²) in [5.74, 6) is 0. The number of thiocarbonyl (C=S) groups is 1. The normalized spacial score (nSPS) is 13.0. The smallest absolute Gasteiger partial charge is 0.223 e. The Morgan fingerprint density at radius 2 is 1.94 bits per heavy atom. The van der Waals surface area contributed by atoms with E-state index in [2.05, 4.69) is 10.6 Å². The molecule has 1 aromatic carbocycles. The summed E-state index contributed by atoms with van der Waals surface area (Å²) < 4.78 is -1.62. The lowest BCUT2D eigenvalue weighted by atomic mass is 10.1. The maximum absolute atomic E-state index is 5.64. The Balaban J connectivity index is 2.68. The zero-order valence-electron chi connectivity index (χ0n) is 9.93.